The minimum Gasteiger partial charge on any atom is -0.314 e. The Labute approximate surface area is 109 Å². The molecule has 1 saturated carbocycles. The van der Waals surface area contributed by atoms with Gasteiger partial charge < -0.3 is 5.32 Å². The molecule has 2 unspecified atom stereocenters. The van der Waals surface area contributed by atoms with Crippen LogP contribution in [-0.4, -0.2) is 12.6 Å². The molecule has 1 nitrogen and oxygen atoms in total. The highest BCUT2D eigenvalue weighted by molar-refractivity contribution is 4.80. The van der Waals surface area contributed by atoms with Gasteiger partial charge >= 0.3 is 0 Å². The molecule has 0 aliphatic heterocycles. The minimum atomic E-state index is 0.786. The van der Waals surface area contributed by atoms with Crippen molar-refractivity contribution in [1.82, 2.24) is 5.32 Å². The summed E-state index contributed by atoms with van der Waals surface area (Å²) in [5, 5.41) is 3.76. The molecule has 1 fully saturated rings. The van der Waals surface area contributed by atoms with Crippen LogP contribution in [0.4, 0.5) is 0 Å². The summed E-state index contributed by atoms with van der Waals surface area (Å²) >= 11 is 0. The van der Waals surface area contributed by atoms with Crippen molar-refractivity contribution in [3.63, 3.8) is 0 Å². The lowest BCUT2D eigenvalue weighted by Crippen LogP contribution is -2.38. The molecule has 0 aromatic heterocycles. The molecule has 2 atom stereocenters. The zero-order chi connectivity index (χ0) is 12.7. The summed E-state index contributed by atoms with van der Waals surface area (Å²) in [6.07, 6.45) is 10.1. The monoisotopic (exact) mass is 239 g/mol. The maximum atomic E-state index is 3.76. The summed E-state index contributed by atoms with van der Waals surface area (Å²) in [7, 11) is 0. The van der Waals surface area contributed by atoms with Crippen LogP contribution in [0, 0.1) is 17.8 Å². The Morgan fingerprint density at radius 3 is 2.18 bits per heavy atom. The fourth-order valence-corrected chi connectivity index (χ4v) is 3.58. The van der Waals surface area contributed by atoms with Crippen molar-refractivity contribution < 1.29 is 0 Å². The normalized spacial score (nSPS) is 21.7. The highest BCUT2D eigenvalue weighted by atomic mass is 14.9. The predicted octanol–water partition coefficient (Wildman–Crippen LogP) is 4.62. The number of hydrogen-bond donors (Lipinski definition) is 1. The Balaban J connectivity index is 2.40. The summed E-state index contributed by atoms with van der Waals surface area (Å²) in [6, 6.07) is 0.786. The molecule has 0 heterocycles. The lowest BCUT2D eigenvalue weighted by Gasteiger charge is -2.33. The molecule has 0 amide bonds. The van der Waals surface area contributed by atoms with E-state index in [0.717, 1.165) is 30.3 Å². The fourth-order valence-electron chi connectivity index (χ4n) is 3.58. The van der Waals surface area contributed by atoms with Gasteiger partial charge in [-0.25, -0.2) is 0 Å². The molecule has 1 aliphatic carbocycles. The summed E-state index contributed by atoms with van der Waals surface area (Å²) in [6.45, 7) is 10.5. The molecular formula is C16H33N. The minimum absolute atomic E-state index is 0.786. The molecule has 1 aliphatic rings. The number of nitrogens with one attached hydrogen (secondary N) is 1. The van der Waals surface area contributed by atoms with Crippen LogP contribution >= 0.6 is 0 Å². The maximum Gasteiger partial charge on any atom is 0.00977 e. The van der Waals surface area contributed by atoms with Crippen LogP contribution in [0.2, 0.25) is 0 Å². The molecule has 102 valence electrons. The van der Waals surface area contributed by atoms with Crippen molar-refractivity contribution in [2.24, 2.45) is 17.8 Å². The second kappa shape index (κ2) is 8.13. The van der Waals surface area contributed by atoms with Gasteiger partial charge in [0.25, 0.3) is 0 Å². The van der Waals surface area contributed by atoms with Gasteiger partial charge in [-0.05, 0) is 50.0 Å². The Morgan fingerprint density at radius 2 is 1.65 bits per heavy atom. The van der Waals surface area contributed by atoms with Crippen LogP contribution in [0.1, 0.15) is 72.6 Å². The average molecular weight is 239 g/mol. The van der Waals surface area contributed by atoms with E-state index in [0.29, 0.717) is 0 Å². The van der Waals surface area contributed by atoms with E-state index in [1.807, 2.05) is 0 Å². The Bertz CT molecular complexity index is 182. The molecule has 0 aromatic carbocycles. The van der Waals surface area contributed by atoms with Crippen molar-refractivity contribution in [2.75, 3.05) is 6.54 Å². The predicted molar refractivity (Wildman–Crippen MR) is 77.3 cm³/mol. The van der Waals surface area contributed by atoms with Crippen molar-refractivity contribution >= 4 is 0 Å². The molecule has 0 spiro atoms. The van der Waals surface area contributed by atoms with E-state index in [4.69, 9.17) is 0 Å². The second-order valence-corrected chi connectivity index (χ2v) is 6.53. The summed E-state index contributed by atoms with van der Waals surface area (Å²) in [4.78, 5) is 0. The molecule has 0 saturated heterocycles. The van der Waals surface area contributed by atoms with Crippen LogP contribution in [0.25, 0.3) is 0 Å². The Morgan fingerprint density at radius 1 is 1.00 bits per heavy atom. The molecule has 1 rings (SSSR count). The Hall–Kier alpha value is -0.0400. The van der Waals surface area contributed by atoms with E-state index in [1.165, 1.54) is 44.9 Å². The van der Waals surface area contributed by atoms with Crippen molar-refractivity contribution in [3.05, 3.63) is 0 Å². The van der Waals surface area contributed by atoms with Crippen LogP contribution < -0.4 is 5.32 Å². The van der Waals surface area contributed by atoms with Gasteiger partial charge in [0.2, 0.25) is 0 Å². The first-order valence-electron chi connectivity index (χ1n) is 7.86. The molecule has 1 heteroatoms. The van der Waals surface area contributed by atoms with Crippen LogP contribution in [0.15, 0.2) is 0 Å². The van der Waals surface area contributed by atoms with Crippen molar-refractivity contribution in [2.45, 2.75) is 78.7 Å². The third-order valence-corrected chi connectivity index (χ3v) is 4.22. The van der Waals surface area contributed by atoms with E-state index < -0.39 is 0 Å². The van der Waals surface area contributed by atoms with E-state index >= 15 is 0 Å². The SMILES string of the molecule is CCNC(CC(C)CC(C)C)C1CCCCC1. The van der Waals surface area contributed by atoms with Gasteiger partial charge in [0, 0.05) is 6.04 Å². The fraction of sp³-hybridized carbons (Fsp3) is 1.00. The molecular weight excluding hydrogens is 206 g/mol. The quantitative estimate of drug-likeness (QED) is 0.683. The van der Waals surface area contributed by atoms with Gasteiger partial charge in [0.1, 0.15) is 0 Å². The average Bonchev–Trinajstić information content (AvgIpc) is 2.28. The van der Waals surface area contributed by atoms with Crippen LogP contribution in [0.3, 0.4) is 0 Å². The summed E-state index contributed by atoms with van der Waals surface area (Å²) in [5.74, 6) is 2.68. The third-order valence-electron chi connectivity index (χ3n) is 4.22. The van der Waals surface area contributed by atoms with E-state index in [9.17, 15) is 0 Å². The van der Waals surface area contributed by atoms with Crippen molar-refractivity contribution in [3.8, 4) is 0 Å². The first-order valence-corrected chi connectivity index (χ1v) is 7.86. The van der Waals surface area contributed by atoms with Gasteiger partial charge in [-0.2, -0.15) is 0 Å². The van der Waals surface area contributed by atoms with Gasteiger partial charge in [0.15, 0.2) is 0 Å². The molecule has 0 bridgehead atoms. The molecule has 17 heavy (non-hydrogen) atoms. The van der Waals surface area contributed by atoms with E-state index in [2.05, 4.69) is 33.0 Å². The van der Waals surface area contributed by atoms with Gasteiger partial charge in [-0.15, -0.1) is 0 Å². The van der Waals surface area contributed by atoms with Gasteiger partial charge in [-0.1, -0.05) is 47.0 Å². The molecule has 0 aromatic rings. The zero-order valence-electron chi connectivity index (χ0n) is 12.5. The van der Waals surface area contributed by atoms with Crippen molar-refractivity contribution in [1.29, 1.82) is 0 Å². The number of hydrogen-bond acceptors (Lipinski definition) is 1. The number of rotatable bonds is 7. The Kier molecular flexibility index (Phi) is 7.18. The van der Waals surface area contributed by atoms with E-state index in [-0.39, 0.29) is 0 Å². The van der Waals surface area contributed by atoms with Gasteiger partial charge in [0.05, 0.1) is 0 Å². The van der Waals surface area contributed by atoms with E-state index in [1.54, 1.807) is 0 Å². The highest BCUT2D eigenvalue weighted by Crippen LogP contribution is 2.30. The second-order valence-electron chi connectivity index (χ2n) is 6.53. The molecule has 1 N–H and O–H groups in total. The van der Waals surface area contributed by atoms with Crippen LogP contribution in [-0.2, 0) is 0 Å². The molecule has 0 radical (unpaired) electrons. The first-order chi connectivity index (χ1) is 8.13. The summed E-state index contributed by atoms with van der Waals surface area (Å²) in [5.41, 5.74) is 0. The first kappa shape index (κ1) is 15.0. The summed E-state index contributed by atoms with van der Waals surface area (Å²) < 4.78 is 0. The lowest BCUT2D eigenvalue weighted by molar-refractivity contribution is 0.231. The standard InChI is InChI=1S/C16H33N/c1-5-17-16(12-14(4)11-13(2)3)15-9-7-6-8-10-15/h13-17H,5-12H2,1-4H3. The third kappa shape index (κ3) is 5.90. The smallest absolute Gasteiger partial charge is 0.00977 e. The maximum absolute atomic E-state index is 3.76. The van der Waals surface area contributed by atoms with Crippen LogP contribution in [0.5, 0.6) is 0 Å². The largest absolute Gasteiger partial charge is 0.314 e. The topological polar surface area (TPSA) is 12.0 Å². The lowest BCUT2D eigenvalue weighted by atomic mass is 9.79. The van der Waals surface area contributed by atoms with Gasteiger partial charge in [-0.3, -0.25) is 0 Å². The highest BCUT2D eigenvalue weighted by Gasteiger charge is 2.24. The zero-order valence-corrected chi connectivity index (χ0v) is 12.5.